The first-order valence-electron chi connectivity index (χ1n) is 11.2. The summed E-state index contributed by atoms with van der Waals surface area (Å²) < 4.78 is 0. The maximum Gasteiger partial charge on any atom is 0.261 e. The largest absolute Gasteiger partial charge is 0.338 e. The highest BCUT2D eigenvalue weighted by atomic mass is 16.2. The van der Waals surface area contributed by atoms with Crippen molar-refractivity contribution in [1.29, 1.82) is 0 Å². The van der Waals surface area contributed by atoms with Crippen LogP contribution >= 0.6 is 0 Å². The lowest BCUT2D eigenvalue weighted by Gasteiger charge is -2.34. The Morgan fingerprint density at radius 1 is 1.13 bits per heavy atom. The molecule has 30 heavy (non-hydrogen) atoms. The Morgan fingerprint density at radius 2 is 1.83 bits per heavy atom. The summed E-state index contributed by atoms with van der Waals surface area (Å²) in [6, 6.07) is 10.5. The van der Waals surface area contributed by atoms with Crippen molar-refractivity contribution in [2.24, 2.45) is 5.92 Å². The molecule has 0 radical (unpaired) electrons. The van der Waals surface area contributed by atoms with Crippen LogP contribution in [0.15, 0.2) is 35.1 Å². The zero-order chi connectivity index (χ0) is 21.7. The molecule has 2 heterocycles. The maximum atomic E-state index is 13.1. The summed E-state index contributed by atoms with van der Waals surface area (Å²) in [5.74, 6) is 0.353. The fraction of sp³-hybridized carbons (Fsp3) is 0.520. The van der Waals surface area contributed by atoms with Crippen LogP contribution in [0.3, 0.4) is 0 Å². The van der Waals surface area contributed by atoms with Gasteiger partial charge in [-0.3, -0.25) is 9.59 Å². The second-order valence-corrected chi connectivity index (χ2v) is 8.64. The van der Waals surface area contributed by atoms with Gasteiger partial charge in [0, 0.05) is 25.3 Å². The quantitative estimate of drug-likeness (QED) is 0.758. The number of aromatic nitrogens is 1. The van der Waals surface area contributed by atoms with Crippen LogP contribution in [0, 0.1) is 26.7 Å². The summed E-state index contributed by atoms with van der Waals surface area (Å²) in [6.07, 6.45) is 3.29. The van der Waals surface area contributed by atoms with Gasteiger partial charge in [-0.05, 0) is 88.7 Å². The Hall–Kier alpha value is -2.40. The van der Waals surface area contributed by atoms with Gasteiger partial charge in [-0.1, -0.05) is 24.3 Å². The molecule has 1 N–H and O–H groups in total. The average molecular weight is 410 g/mol. The number of carbonyl (C=O) groups excluding carboxylic acids is 1. The van der Waals surface area contributed by atoms with Gasteiger partial charge in [0.15, 0.2) is 0 Å². The predicted molar refractivity (Wildman–Crippen MR) is 122 cm³/mol. The number of rotatable bonds is 7. The lowest BCUT2D eigenvalue weighted by molar-refractivity contribution is 0.0699. The summed E-state index contributed by atoms with van der Waals surface area (Å²) >= 11 is 0. The van der Waals surface area contributed by atoms with Crippen molar-refractivity contribution >= 4 is 5.91 Å². The molecule has 1 amide bonds. The van der Waals surface area contributed by atoms with Crippen LogP contribution in [0.2, 0.25) is 0 Å². The summed E-state index contributed by atoms with van der Waals surface area (Å²) in [5, 5.41) is 0. The van der Waals surface area contributed by atoms with Crippen molar-refractivity contribution in [2.75, 3.05) is 32.7 Å². The molecule has 162 valence electrons. The number of hydrogen-bond donors (Lipinski definition) is 1. The standard InChI is InChI=1S/C25H35N3O2/c1-5-28(25(30)23-19(3)16-20(4)26-24(23)29)17-21-10-13-27(14-11-21)15-12-22-9-7-6-8-18(22)2/h6-9,16,21H,5,10-15,17H2,1-4H3,(H,26,29). The van der Waals surface area contributed by atoms with Crippen molar-refractivity contribution in [2.45, 2.75) is 47.0 Å². The van der Waals surface area contributed by atoms with Crippen LogP contribution in [0.25, 0.3) is 0 Å². The first kappa shape index (κ1) is 22.3. The van der Waals surface area contributed by atoms with Gasteiger partial charge in [0.1, 0.15) is 5.56 Å². The van der Waals surface area contributed by atoms with Crippen molar-refractivity contribution < 1.29 is 4.79 Å². The van der Waals surface area contributed by atoms with E-state index in [1.807, 2.05) is 31.7 Å². The Kier molecular flexibility index (Phi) is 7.48. The van der Waals surface area contributed by atoms with Gasteiger partial charge >= 0.3 is 0 Å². The topological polar surface area (TPSA) is 56.4 Å². The minimum Gasteiger partial charge on any atom is -0.338 e. The molecule has 1 aliphatic heterocycles. The molecule has 5 heteroatoms. The summed E-state index contributed by atoms with van der Waals surface area (Å²) in [5.41, 5.74) is 4.35. The van der Waals surface area contributed by atoms with Gasteiger partial charge in [-0.15, -0.1) is 0 Å². The van der Waals surface area contributed by atoms with E-state index in [-0.39, 0.29) is 17.0 Å². The van der Waals surface area contributed by atoms with Gasteiger partial charge in [0.05, 0.1) is 0 Å². The average Bonchev–Trinajstić information content (AvgIpc) is 2.71. The monoisotopic (exact) mass is 409 g/mol. The number of piperidine rings is 1. The van der Waals surface area contributed by atoms with Gasteiger partial charge in [0.2, 0.25) is 0 Å². The molecular weight excluding hydrogens is 374 g/mol. The Bertz CT molecular complexity index is 926. The lowest BCUT2D eigenvalue weighted by Crippen LogP contribution is -2.42. The van der Waals surface area contributed by atoms with Crippen LogP contribution in [-0.4, -0.2) is 53.4 Å². The number of carbonyl (C=O) groups is 1. The highest BCUT2D eigenvalue weighted by molar-refractivity contribution is 5.95. The van der Waals surface area contributed by atoms with Gasteiger partial charge in [-0.25, -0.2) is 0 Å². The fourth-order valence-electron chi connectivity index (χ4n) is 4.51. The molecule has 5 nitrogen and oxygen atoms in total. The van der Waals surface area contributed by atoms with Crippen LogP contribution in [0.5, 0.6) is 0 Å². The zero-order valence-electron chi connectivity index (χ0n) is 18.8. The molecule has 1 saturated heterocycles. The van der Waals surface area contributed by atoms with E-state index in [1.54, 1.807) is 0 Å². The molecule has 0 unspecified atom stereocenters. The smallest absolute Gasteiger partial charge is 0.261 e. The highest BCUT2D eigenvalue weighted by Gasteiger charge is 2.25. The molecule has 2 aromatic rings. The number of aryl methyl sites for hydroxylation is 3. The fourth-order valence-corrected chi connectivity index (χ4v) is 4.51. The van der Waals surface area contributed by atoms with E-state index in [2.05, 4.69) is 41.1 Å². The number of nitrogens with zero attached hydrogens (tertiary/aromatic N) is 2. The SMILES string of the molecule is CCN(CC1CCN(CCc2ccccc2C)CC1)C(=O)c1c(C)cc(C)[nH]c1=O. The minimum absolute atomic E-state index is 0.141. The zero-order valence-corrected chi connectivity index (χ0v) is 18.8. The van der Waals surface area contributed by atoms with Crippen molar-refractivity contribution in [3.63, 3.8) is 0 Å². The van der Waals surface area contributed by atoms with E-state index in [9.17, 15) is 9.59 Å². The third-order valence-electron chi connectivity index (χ3n) is 6.39. The maximum absolute atomic E-state index is 13.1. The Labute approximate surface area is 180 Å². The third-order valence-corrected chi connectivity index (χ3v) is 6.39. The first-order valence-corrected chi connectivity index (χ1v) is 11.2. The van der Waals surface area contributed by atoms with E-state index >= 15 is 0 Å². The summed E-state index contributed by atoms with van der Waals surface area (Å²) in [4.78, 5) is 32.6. The molecule has 0 spiro atoms. The molecule has 1 aliphatic rings. The number of benzene rings is 1. The van der Waals surface area contributed by atoms with Crippen LogP contribution in [0.1, 0.15) is 52.5 Å². The van der Waals surface area contributed by atoms with E-state index < -0.39 is 0 Å². The van der Waals surface area contributed by atoms with Gasteiger partial charge in [-0.2, -0.15) is 0 Å². The Morgan fingerprint density at radius 3 is 2.47 bits per heavy atom. The van der Waals surface area contributed by atoms with Crippen LogP contribution < -0.4 is 5.56 Å². The number of aromatic amines is 1. The van der Waals surface area contributed by atoms with Crippen molar-refractivity contribution in [3.05, 3.63) is 68.6 Å². The molecule has 0 atom stereocenters. The number of nitrogens with one attached hydrogen (secondary N) is 1. The van der Waals surface area contributed by atoms with Crippen molar-refractivity contribution in [1.82, 2.24) is 14.8 Å². The number of likely N-dealkylation sites (tertiary alicyclic amines) is 1. The summed E-state index contributed by atoms with van der Waals surface area (Å²) in [7, 11) is 0. The number of H-pyrrole nitrogens is 1. The van der Waals surface area contributed by atoms with E-state index in [0.717, 1.165) is 56.7 Å². The lowest BCUT2D eigenvalue weighted by atomic mass is 9.95. The summed E-state index contributed by atoms with van der Waals surface area (Å²) in [6.45, 7) is 12.5. The highest BCUT2D eigenvalue weighted by Crippen LogP contribution is 2.20. The van der Waals surface area contributed by atoms with Gasteiger partial charge in [0.25, 0.3) is 11.5 Å². The van der Waals surface area contributed by atoms with Gasteiger partial charge < -0.3 is 14.8 Å². The molecule has 0 aliphatic carbocycles. The molecule has 1 fully saturated rings. The predicted octanol–water partition coefficient (Wildman–Crippen LogP) is 3.72. The molecule has 0 saturated carbocycles. The molecule has 1 aromatic heterocycles. The number of hydrogen-bond acceptors (Lipinski definition) is 3. The molecule has 3 rings (SSSR count). The van der Waals surface area contributed by atoms with E-state index in [4.69, 9.17) is 0 Å². The van der Waals surface area contributed by atoms with E-state index in [0.29, 0.717) is 12.5 Å². The van der Waals surface area contributed by atoms with Crippen LogP contribution in [0.4, 0.5) is 0 Å². The molecule has 0 bridgehead atoms. The van der Waals surface area contributed by atoms with E-state index in [1.165, 1.54) is 11.1 Å². The Balaban J connectivity index is 1.54. The van der Waals surface area contributed by atoms with Crippen LogP contribution in [-0.2, 0) is 6.42 Å². The minimum atomic E-state index is -0.276. The van der Waals surface area contributed by atoms with Crippen molar-refractivity contribution in [3.8, 4) is 0 Å². The second kappa shape index (κ2) is 10.1. The third kappa shape index (κ3) is 5.39. The molecule has 1 aromatic carbocycles. The number of amides is 1. The normalized spacial score (nSPS) is 15.3. The second-order valence-electron chi connectivity index (χ2n) is 8.64. The first-order chi connectivity index (χ1) is 14.4. The molecular formula is C25H35N3O2. The number of pyridine rings is 1.